The molecule has 174 valence electrons. The van der Waals surface area contributed by atoms with Gasteiger partial charge < -0.3 is 25.5 Å². The second-order valence-electron chi connectivity index (χ2n) is 6.94. The number of nitrogens with zero attached hydrogens (tertiary/aromatic N) is 4. The van der Waals surface area contributed by atoms with E-state index in [9.17, 15) is 19.2 Å². The second-order valence-corrected chi connectivity index (χ2v) is 8.06. The van der Waals surface area contributed by atoms with Crippen LogP contribution in [0.2, 0.25) is 0 Å². The van der Waals surface area contributed by atoms with Crippen LogP contribution in [0.3, 0.4) is 0 Å². The van der Waals surface area contributed by atoms with Gasteiger partial charge in [0.2, 0.25) is 17.7 Å². The van der Waals surface area contributed by atoms with Crippen LogP contribution in [0.25, 0.3) is 10.2 Å². The van der Waals surface area contributed by atoms with E-state index in [0.717, 1.165) is 22.5 Å². The zero-order valence-corrected chi connectivity index (χ0v) is 19.2. The van der Waals surface area contributed by atoms with Gasteiger partial charge in [0.25, 0.3) is 0 Å². The average Bonchev–Trinajstić information content (AvgIpc) is 3.22. The lowest BCUT2D eigenvalue weighted by Crippen LogP contribution is -2.49. The van der Waals surface area contributed by atoms with Crippen LogP contribution in [0.15, 0.2) is 12.4 Å². The zero-order chi connectivity index (χ0) is 23.7. The van der Waals surface area contributed by atoms with Crippen LogP contribution in [0, 0.1) is 0 Å². The first-order chi connectivity index (χ1) is 15.3. The zero-order valence-electron chi connectivity index (χ0n) is 18.4. The molecule has 1 saturated heterocycles. The summed E-state index contributed by atoms with van der Waals surface area (Å²) < 4.78 is 0. The van der Waals surface area contributed by atoms with E-state index < -0.39 is 18.3 Å². The molecule has 1 aliphatic rings. The topological polar surface area (TPSA) is 145 Å². The molecule has 0 bridgehead atoms. The van der Waals surface area contributed by atoms with Gasteiger partial charge in [-0.1, -0.05) is 6.92 Å². The van der Waals surface area contributed by atoms with Crippen molar-refractivity contribution >= 4 is 51.1 Å². The first-order valence-corrected chi connectivity index (χ1v) is 11.0. The molecule has 12 heteroatoms. The Morgan fingerprint density at radius 2 is 1.66 bits per heavy atom. The summed E-state index contributed by atoms with van der Waals surface area (Å²) in [5, 5.41) is 13.7. The molecule has 1 fully saturated rings. The predicted molar refractivity (Wildman–Crippen MR) is 121 cm³/mol. The number of amides is 3. The molecule has 0 atom stereocenters. The number of hydrogen-bond donors (Lipinski definition) is 3. The number of fused-ring (bicyclic) bond motifs is 1. The maximum Gasteiger partial charge on any atom is 0.312 e. The molecular formula is C20H28N6O5S. The van der Waals surface area contributed by atoms with Crippen molar-refractivity contribution < 1.29 is 24.3 Å². The molecule has 32 heavy (non-hydrogen) atoms. The molecule has 3 amide bonds. The highest BCUT2D eigenvalue weighted by Crippen LogP contribution is 2.30. The molecule has 0 aromatic carbocycles. The Kier molecular flexibility index (Phi) is 9.32. The molecule has 3 rings (SSSR count). The van der Waals surface area contributed by atoms with Gasteiger partial charge >= 0.3 is 5.97 Å². The number of carbonyl (C=O) groups is 4. The van der Waals surface area contributed by atoms with Crippen LogP contribution in [-0.2, 0) is 25.6 Å². The van der Waals surface area contributed by atoms with Gasteiger partial charge in [-0.3, -0.25) is 19.2 Å². The third kappa shape index (κ3) is 6.87. The number of nitrogens with one attached hydrogen (secondary N) is 2. The average molecular weight is 465 g/mol. The fraction of sp³-hybridized carbons (Fsp3) is 0.500. The number of carbonyl (C=O) groups excluding carboxylic acids is 3. The number of carboxylic acid groups (broad SMARTS) is 1. The number of rotatable bonds is 6. The predicted octanol–water partition coefficient (Wildman–Crippen LogP) is 0.246. The van der Waals surface area contributed by atoms with Crippen LogP contribution < -0.4 is 15.5 Å². The summed E-state index contributed by atoms with van der Waals surface area (Å²) in [5.74, 6) is -1.01. The number of thiophene rings is 1. The summed E-state index contributed by atoms with van der Waals surface area (Å²) in [6.07, 6.45) is 2.06. The molecule has 0 unspecified atom stereocenters. The first kappa shape index (κ1) is 25.0. The van der Waals surface area contributed by atoms with E-state index in [2.05, 4.69) is 38.5 Å². The summed E-state index contributed by atoms with van der Waals surface area (Å²) in [5.41, 5.74) is 0. The van der Waals surface area contributed by atoms with E-state index in [1.807, 2.05) is 0 Å². The maximum atomic E-state index is 12.1. The van der Waals surface area contributed by atoms with Crippen molar-refractivity contribution in [2.24, 2.45) is 0 Å². The number of hydrogen-bond acceptors (Lipinski definition) is 8. The number of carboxylic acids is 1. The first-order valence-electron chi connectivity index (χ1n) is 10.2. The lowest BCUT2D eigenvalue weighted by Gasteiger charge is -2.35. The minimum absolute atomic E-state index is 0.0847. The van der Waals surface area contributed by atoms with E-state index in [0.29, 0.717) is 26.2 Å². The van der Waals surface area contributed by atoms with Gasteiger partial charge in [0.15, 0.2) is 0 Å². The van der Waals surface area contributed by atoms with Gasteiger partial charge in [0.1, 0.15) is 29.8 Å². The Morgan fingerprint density at radius 3 is 2.19 bits per heavy atom. The van der Waals surface area contributed by atoms with Gasteiger partial charge in [-0.05, 0) is 12.5 Å². The summed E-state index contributed by atoms with van der Waals surface area (Å²) in [6, 6.07) is 2.17. The van der Waals surface area contributed by atoms with E-state index >= 15 is 0 Å². The van der Waals surface area contributed by atoms with E-state index in [1.165, 1.54) is 11.9 Å². The van der Waals surface area contributed by atoms with Crippen LogP contribution in [-0.4, -0.2) is 83.9 Å². The Morgan fingerprint density at radius 1 is 1.03 bits per heavy atom. The molecular weight excluding hydrogens is 436 g/mol. The Labute approximate surface area is 189 Å². The molecule has 1 aliphatic heterocycles. The van der Waals surface area contributed by atoms with Crippen molar-refractivity contribution in [2.45, 2.75) is 26.2 Å². The highest BCUT2D eigenvalue weighted by atomic mass is 32.1. The van der Waals surface area contributed by atoms with Gasteiger partial charge in [-0.15, -0.1) is 11.3 Å². The van der Waals surface area contributed by atoms with Crippen LogP contribution in [0.1, 0.15) is 24.6 Å². The summed E-state index contributed by atoms with van der Waals surface area (Å²) in [4.78, 5) is 58.3. The monoisotopic (exact) mass is 464 g/mol. The summed E-state index contributed by atoms with van der Waals surface area (Å²) in [7, 11) is 2.94. The Bertz CT molecular complexity index is 971. The lowest BCUT2D eigenvalue weighted by atomic mass is 10.2. The number of aromatic nitrogens is 2. The molecule has 3 N–H and O–H groups in total. The van der Waals surface area contributed by atoms with Gasteiger partial charge in [0.05, 0.1) is 5.39 Å². The highest BCUT2D eigenvalue weighted by molar-refractivity contribution is 7.18. The van der Waals surface area contributed by atoms with Crippen molar-refractivity contribution in [3.05, 3.63) is 17.3 Å². The van der Waals surface area contributed by atoms with Crippen LogP contribution in [0.5, 0.6) is 0 Å². The molecule has 0 aliphatic carbocycles. The normalized spacial score (nSPS) is 13.2. The standard InChI is InChI=1S/C16H21N5O2S.C4H7NO3/c1-3-11-8-12-15(18-10-19-16(12)24-11)21-6-4-20(5-7-21)14(23)9-13(22)17-2;1-5-3(6)2-4(7)8/h8,10H,3-7,9H2,1-2H3,(H,17,22);2H2,1H3,(H,5,6)(H,7,8). The minimum Gasteiger partial charge on any atom is -0.481 e. The van der Waals surface area contributed by atoms with Crippen molar-refractivity contribution in [3.8, 4) is 0 Å². The molecule has 2 aromatic rings. The Balaban J connectivity index is 0.000000390. The quantitative estimate of drug-likeness (QED) is 0.516. The van der Waals surface area contributed by atoms with Crippen molar-refractivity contribution in [1.82, 2.24) is 25.5 Å². The van der Waals surface area contributed by atoms with Gasteiger partial charge in [-0.2, -0.15) is 0 Å². The smallest absolute Gasteiger partial charge is 0.312 e. The van der Waals surface area contributed by atoms with E-state index in [-0.39, 0.29) is 18.2 Å². The fourth-order valence-electron chi connectivity index (χ4n) is 3.05. The summed E-state index contributed by atoms with van der Waals surface area (Å²) in [6.45, 7) is 4.76. The molecule has 0 saturated carbocycles. The SMILES string of the molecule is CCc1cc2c(N3CCN(C(=O)CC(=O)NC)CC3)ncnc2s1.CNC(=O)CC(=O)O. The van der Waals surface area contributed by atoms with Crippen molar-refractivity contribution in [3.63, 3.8) is 0 Å². The minimum atomic E-state index is -1.11. The largest absolute Gasteiger partial charge is 0.481 e. The third-order valence-corrected chi connectivity index (χ3v) is 6.01. The van der Waals surface area contributed by atoms with E-state index in [4.69, 9.17) is 5.11 Å². The van der Waals surface area contributed by atoms with Crippen LogP contribution in [0.4, 0.5) is 5.82 Å². The number of piperazine rings is 1. The number of anilines is 1. The van der Waals surface area contributed by atoms with Crippen molar-refractivity contribution in [2.75, 3.05) is 45.2 Å². The van der Waals surface area contributed by atoms with Crippen molar-refractivity contribution in [1.29, 1.82) is 0 Å². The number of aliphatic carboxylic acids is 1. The Hall–Kier alpha value is -3.28. The summed E-state index contributed by atoms with van der Waals surface area (Å²) >= 11 is 1.70. The lowest BCUT2D eigenvalue weighted by molar-refractivity contribution is -0.141. The van der Waals surface area contributed by atoms with E-state index in [1.54, 1.807) is 29.6 Å². The molecule has 11 nitrogen and oxygen atoms in total. The van der Waals surface area contributed by atoms with Gasteiger partial charge in [-0.25, -0.2) is 9.97 Å². The molecule has 3 heterocycles. The number of aryl methyl sites for hydroxylation is 1. The molecule has 0 spiro atoms. The maximum absolute atomic E-state index is 12.1. The molecule has 2 aromatic heterocycles. The van der Waals surface area contributed by atoms with Crippen LogP contribution >= 0.6 is 11.3 Å². The second kappa shape index (κ2) is 11.9. The highest BCUT2D eigenvalue weighted by Gasteiger charge is 2.24. The molecule has 0 radical (unpaired) electrons. The fourth-order valence-corrected chi connectivity index (χ4v) is 3.98. The van der Waals surface area contributed by atoms with Gasteiger partial charge in [0, 0.05) is 45.2 Å². The third-order valence-electron chi connectivity index (χ3n) is 4.82.